The molecule has 0 spiro atoms. The van der Waals surface area contributed by atoms with Crippen LogP contribution in [0.5, 0.6) is 0 Å². The Labute approximate surface area is 121 Å². The van der Waals surface area contributed by atoms with Crippen molar-refractivity contribution in [3.8, 4) is 0 Å². The third kappa shape index (κ3) is 1.70. The van der Waals surface area contributed by atoms with E-state index in [1.54, 1.807) is 6.33 Å². The zero-order valence-corrected chi connectivity index (χ0v) is 11.7. The number of fused-ring (bicyclic) bond motifs is 3. The number of hydrogen-bond acceptors (Lipinski definition) is 6. The minimum atomic E-state index is -0.395. The van der Waals surface area contributed by atoms with Gasteiger partial charge in [-0.1, -0.05) is 0 Å². The summed E-state index contributed by atoms with van der Waals surface area (Å²) in [5.74, 6) is 0.627. The maximum atomic E-state index is 10.4. The van der Waals surface area contributed by atoms with E-state index in [-0.39, 0.29) is 24.0 Å². The van der Waals surface area contributed by atoms with Gasteiger partial charge in [-0.2, -0.15) is 0 Å². The molecule has 4 N–H and O–H groups in total. The molecule has 2 bridgehead atoms. The van der Waals surface area contributed by atoms with Gasteiger partial charge in [-0.15, -0.1) is 0 Å². The maximum Gasteiger partial charge on any atom is 0.165 e. The Bertz CT molecular complexity index is 687. The fourth-order valence-corrected chi connectivity index (χ4v) is 4.24. The lowest BCUT2D eigenvalue weighted by atomic mass is 9.71. The summed E-state index contributed by atoms with van der Waals surface area (Å²) in [6.07, 6.45) is 6.30. The molecule has 4 rings (SSSR count). The van der Waals surface area contributed by atoms with Crippen LogP contribution in [0.15, 0.2) is 12.7 Å². The number of aromatic nitrogens is 4. The summed E-state index contributed by atoms with van der Waals surface area (Å²) in [7, 11) is 0. The Hall–Kier alpha value is -1.73. The van der Waals surface area contributed by atoms with Gasteiger partial charge in [0.1, 0.15) is 11.8 Å². The van der Waals surface area contributed by atoms with Gasteiger partial charge in [-0.25, -0.2) is 15.0 Å². The molecule has 0 radical (unpaired) electrons. The van der Waals surface area contributed by atoms with E-state index in [1.165, 1.54) is 6.33 Å². The van der Waals surface area contributed by atoms with Gasteiger partial charge in [-0.05, 0) is 31.6 Å². The zero-order valence-electron chi connectivity index (χ0n) is 11.7. The molecule has 112 valence electrons. The smallest absolute Gasteiger partial charge is 0.165 e. The molecular formula is C14H19N5O2. The molecule has 2 aliphatic rings. The summed E-state index contributed by atoms with van der Waals surface area (Å²) in [6.45, 7) is 0.0327. The van der Waals surface area contributed by atoms with Crippen molar-refractivity contribution < 1.29 is 10.2 Å². The summed E-state index contributed by atoms with van der Waals surface area (Å²) in [5, 5.41) is 20.2. The molecule has 7 heteroatoms. The Balaban J connectivity index is 1.75. The minimum absolute atomic E-state index is 0.0327. The molecule has 2 saturated carbocycles. The van der Waals surface area contributed by atoms with Crippen molar-refractivity contribution >= 4 is 17.0 Å². The normalized spacial score (nSPS) is 35.4. The van der Waals surface area contributed by atoms with Crippen molar-refractivity contribution in [3.05, 3.63) is 12.7 Å². The highest BCUT2D eigenvalue weighted by Gasteiger charge is 2.53. The predicted octanol–water partition coefficient (Wildman–Crippen LogP) is 0.493. The van der Waals surface area contributed by atoms with E-state index in [0.29, 0.717) is 11.3 Å². The van der Waals surface area contributed by atoms with Gasteiger partial charge in [0.2, 0.25) is 0 Å². The first-order valence-corrected chi connectivity index (χ1v) is 7.36. The highest BCUT2D eigenvalue weighted by Crippen LogP contribution is 2.54. The molecule has 2 aromatic heterocycles. The summed E-state index contributed by atoms with van der Waals surface area (Å²) < 4.78 is 2.03. The van der Waals surface area contributed by atoms with E-state index in [2.05, 4.69) is 15.0 Å². The van der Waals surface area contributed by atoms with E-state index >= 15 is 0 Å². The van der Waals surface area contributed by atoms with Crippen LogP contribution in [-0.2, 0) is 0 Å². The first-order chi connectivity index (χ1) is 10.1. The lowest BCUT2D eigenvalue weighted by Crippen LogP contribution is -2.43. The molecule has 2 aromatic rings. The molecule has 2 heterocycles. The van der Waals surface area contributed by atoms with E-state index in [0.717, 1.165) is 31.3 Å². The molecule has 2 fully saturated rings. The number of anilines is 1. The van der Waals surface area contributed by atoms with Crippen LogP contribution in [0.25, 0.3) is 11.2 Å². The van der Waals surface area contributed by atoms with Crippen molar-refractivity contribution in [3.63, 3.8) is 0 Å². The molecule has 0 aliphatic heterocycles. The van der Waals surface area contributed by atoms with Crippen LogP contribution in [0.4, 0.5) is 5.82 Å². The summed E-state index contributed by atoms with van der Waals surface area (Å²) in [6, 6.07) is 0.187. The monoisotopic (exact) mass is 289 g/mol. The molecule has 7 nitrogen and oxygen atoms in total. The van der Waals surface area contributed by atoms with Crippen molar-refractivity contribution in [2.24, 2.45) is 11.3 Å². The number of rotatable bonds is 2. The first-order valence-electron chi connectivity index (χ1n) is 7.36. The Morgan fingerprint density at radius 2 is 2.24 bits per heavy atom. The van der Waals surface area contributed by atoms with Gasteiger partial charge in [0.05, 0.1) is 19.0 Å². The summed E-state index contributed by atoms with van der Waals surface area (Å²) in [5.41, 5.74) is 6.81. The molecule has 0 saturated heterocycles. The van der Waals surface area contributed by atoms with Crippen molar-refractivity contribution in [2.75, 3.05) is 12.3 Å². The summed E-state index contributed by atoms with van der Waals surface area (Å²) >= 11 is 0. The maximum absolute atomic E-state index is 10.4. The molecule has 2 aliphatic carbocycles. The first kappa shape index (κ1) is 13.0. The number of hydrogen-bond donors (Lipinski definition) is 3. The second kappa shape index (κ2) is 4.38. The van der Waals surface area contributed by atoms with Gasteiger partial charge >= 0.3 is 0 Å². The molecular weight excluding hydrogens is 270 g/mol. The van der Waals surface area contributed by atoms with E-state index in [4.69, 9.17) is 5.73 Å². The second-order valence-electron chi connectivity index (χ2n) is 6.44. The largest absolute Gasteiger partial charge is 0.396 e. The summed E-state index contributed by atoms with van der Waals surface area (Å²) in [4.78, 5) is 12.6. The van der Waals surface area contributed by atoms with Crippen LogP contribution in [0.1, 0.15) is 31.7 Å². The third-order valence-corrected chi connectivity index (χ3v) is 5.40. The van der Waals surface area contributed by atoms with Crippen LogP contribution >= 0.6 is 0 Å². The number of nitrogens with two attached hydrogens (primary N) is 1. The van der Waals surface area contributed by atoms with Crippen molar-refractivity contribution in [1.82, 2.24) is 19.5 Å². The lowest BCUT2D eigenvalue weighted by molar-refractivity contribution is -0.0552. The number of nitrogen functional groups attached to an aromatic ring is 1. The Morgan fingerprint density at radius 3 is 3.05 bits per heavy atom. The van der Waals surface area contributed by atoms with Crippen LogP contribution in [0, 0.1) is 11.3 Å². The molecule has 21 heavy (non-hydrogen) atoms. The third-order valence-electron chi connectivity index (χ3n) is 5.40. The highest BCUT2D eigenvalue weighted by atomic mass is 16.3. The quantitative estimate of drug-likeness (QED) is 0.742. The van der Waals surface area contributed by atoms with E-state index < -0.39 is 6.10 Å². The lowest BCUT2D eigenvalue weighted by Gasteiger charge is -2.41. The Morgan fingerprint density at radius 1 is 1.38 bits per heavy atom. The zero-order chi connectivity index (χ0) is 14.6. The second-order valence-corrected chi connectivity index (χ2v) is 6.44. The van der Waals surface area contributed by atoms with Crippen molar-refractivity contribution in [2.45, 2.75) is 37.8 Å². The molecule has 0 amide bonds. The number of aliphatic hydroxyl groups is 2. The number of nitrogens with zero attached hydrogens (tertiary/aromatic N) is 4. The van der Waals surface area contributed by atoms with Gasteiger partial charge < -0.3 is 20.5 Å². The van der Waals surface area contributed by atoms with Gasteiger partial charge in [-0.3, -0.25) is 0 Å². The average Bonchev–Trinajstić information content (AvgIpc) is 2.98. The molecule has 0 aromatic carbocycles. The minimum Gasteiger partial charge on any atom is -0.396 e. The SMILES string of the molecule is Nc1ncnc2c1ncn2[C@H]1C[C@@H]2CC[C@](CO)(C1)[C@H]2O. The standard InChI is InChI=1S/C14H19N5O2/c15-12-10-13(17-6-16-12)19(7-18-10)9-3-8-1-2-14(4-9,5-20)11(8)21/h6-9,11,20-21H,1-5H2,(H2,15,16,17)/t8-,9-,11-,14+/m0/s1. The Kier molecular flexibility index (Phi) is 2.71. The number of imidazole rings is 1. The van der Waals surface area contributed by atoms with Crippen LogP contribution in [0.2, 0.25) is 0 Å². The predicted molar refractivity (Wildman–Crippen MR) is 76.3 cm³/mol. The topological polar surface area (TPSA) is 110 Å². The van der Waals surface area contributed by atoms with Gasteiger partial charge in [0.25, 0.3) is 0 Å². The van der Waals surface area contributed by atoms with Gasteiger partial charge in [0, 0.05) is 11.5 Å². The van der Waals surface area contributed by atoms with E-state index in [9.17, 15) is 10.2 Å². The fraction of sp³-hybridized carbons (Fsp3) is 0.643. The highest BCUT2D eigenvalue weighted by molar-refractivity contribution is 5.81. The fourth-order valence-electron chi connectivity index (χ4n) is 4.24. The van der Waals surface area contributed by atoms with E-state index in [1.807, 2.05) is 4.57 Å². The van der Waals surface area contributed by atoms with Crippen LogP contribution in [-0.4, -0.2) is 42.4 Å². The molecule has 0 unspecified atom stereocenters. The van der Waals surface area contributed by atoms with Crippen LogP contribution < -0.4 is 5.73 Å². The van der Waals surface area contributed by atoms with Crippen molar-refractivity contribution in [1.29, 1.82) is 0 Å². The van der Waals surface area contributed by atoms with Crippen LogP contribution in [0.3, 0.4) is 0 Å². The number of aliphatic hydroxyl groups excluding tert-OH is 2. The van der Waals surface area contributed by atoms with Gasteiger partial charge in [0.15, 0.2) is 11.5 Å². The average molecular weight is 289 g/mol. The molecule has 4 atom stereocenters.